The van der Waals surface area contributed by atoms with Crippen LogP contribution in [0.25, 0.3) is 0 Å². The number of hydrogen-bond acceptors (Lipinski definition) is 7. The summed E-state index contributed by atoms with van der Waals surface area (Å²) >= 11 is 0. The Morgan fingerprint density at radius 3 is 2.89 bits per heavy atom. The highest BCUT2D eigenvalue weighted by Crippen LogP contribution is 2.31. The van der Waals surface area contributed by atoms with Crippen LogP contribution in [0.4, 0.5) is 0 Å². The number of ether oxygens (including phenoxy) is 1. The van der Waals surface area contributed by atoms with Gasteiger partial charge in [-0.25, -0.2) is 4.98 Å². The quantitative estimate of drug-likeness (QED) is 0.434. The molecule has 1 atom stereocenters. The number of rotatable bonds is 10. The number of carbonyl (C=O) groups is 1. The highest BCUT2D eigenvalue weighted by molar-refractivity contribution is 5.92. The molecule has 196 valence electrons. The zero-order valence-corrected chi connectivity index (χ0v) is 21.7. The first-order chi connectivity index (χ1) is 18.0. The number of pyridine rings is 1. The van der Waals surface area contributed by atoms with E-state index in [1.807, 2.05) is 25.1 Å². The lowest BCUT2D eigenvalue weighted by molar-refractivity contribution is 0.0837. The van der Waals surface area contributed by atoms with E-state index in [0.717, 1.165) is 60.2 Å². The van der Waals surface area contributed by atoms with Gasteiger partial charge >= 0.3 is 0 Å². The molecule has 37 heavy (non-hydrogen) atoms. The van der Waals surface area contributed by atoms with Gasteiger partial charge in [-0.05, 0) is 73.1 Å². The van der Waals surface area contributed by atoms with E-state index < -0.39 is 6.10 Å². The number of nitrogens with zero attached hydrogens (tertiary/aromatic N) is 3. The minimum atomic E-state index is -0.655. The predicted molar refractivity (Wildman–Crippen MR) is 139 cm³/mol. The molecule has 2 aromatic heterocycles. The number of benzene rings is 1. The Balaban J connectivity index is 1.10. The maximum Gasteiger partial charge on any atom is 0.269 e. The van der Waals surface area contributed by atoms with Crippen molar-refractivity contribution in [2.75, 3.05) is 19.6 Å². The van der Waals surface area contributed by atoms with Crippen LogP contribution in [0.5, 0.6) is 5.75 Å². The summed E-state index contributed by atoms with van der Waals surface area (Å²) in [5, 5.41) is 13.5. The van der Waals surface area contributed by atoms with Gasteiger partial charge in [0.15, 0.2) is 12.2 Å². The van der Waals surface area contributed by atoms with Crippen molar-refractivity contribution in [2.45, 2.75) is 65.2 Å². The van der Waals surface area contributed by atoms with Gasteiger partial charge in [-0.3, -0.25) is 14.7 Å². The van der Waals surface area contributed by atoms with Crippen LogP contribution >= 0.6 is 0 Å². The van der Waals surface area contributed by atoms with Crippen molar-refractivity contribution < 1.29 is 19.1 Å². The van der Waals surface area contributed by atoms with Gasteiger partial charge in [0.25, 0.3) is 5.91 Å². The zero-order chi connectivity index (χ0) is 25.8. The van der Waals surface area contributed by atoms with Crippen molar-refractivity contribution in [1.29, 1.82) is 0 Å². The van der Waals surface area contributed by atoms with E-state index >= 15 is 0 Å². The smallest absolute Gasteiger partial charge is 0.269 e. The van der Waals surface area contributed by atoms with Crippen LogP contribution < -0.4 is 10.1 Å². The Labute approximate surface area is 218 Å². The number of amides is 1. The standard InChI is InChI=1S/C29H36N4O4/c1-19-25-9-11-33(15-23(25)6-7-27(19)36-17-28-20(2)32-18-37-28)16-24(34)14-31-29(35)26-13-22(8-10-30-26)12-21-4-3-5-21/h6-8,10,13,18,21,24,34H,3-5,9,11-12,14-17H2,1-2H3,(H,31,35)/t24-/m0/s1. The number of oxazole rings is 1. The maximum absolute atomic E-state index is 12.6. The van der Waals surface area contributed by atoms with Crippen molar-refractivity contribution in [3.8, 4) is 5.75 Å². The molecule has 0 radical (unpaired) electrons. The second-order valence-corrected chi connectivity index (χ2v) is 10.4. The molecule has 1 aromatic carbocycles. The summed E-state index contributed by atoms with van der Waals surface area (Å²) in [6.07, 6.45) is 8.24. The number of β-amino-alcohol motifs (C(OH)–C–C–N with tert-alkyl or cyclic N) is 1. The Bertz CT molecular complexity index is 1240. The molecule has 8 nitrogen and oxygen atoms in total. The number of fused-ring (bicyclic) bond motifs is 1. The zero-order valence-electron chi connectivity index (χ0n) is 21.7. The second kappa shape index (κ2) is 11.4. The third-order valence-electron chi connectivity index (χ3n) is 7.69. The summed E-state index contributed by atoms with van der Waals surface area (Å²) in [5.41, 5.74) is 6.12. The number of aromatic nitrogens is 2. The first-order valence-corrected chi connectivity index (χ1v) is 13.2. The van der Waals surface area contributed by atoms with Crippen molar-refractivity contribution in [1.82, 2.24) is 20.2 Å². The van der Waals surface area contributed by atoms with Crippen LogP contribution in [0.2, 0.25) is 0 Å². The molecular weight excluding hydrogens is 468 g/mol. The number of aliphatic hydroxyl groups is 1. The lowest BCUT2D eigenvalue weighted by Crippen LogP contribution is -2.42. The van der Waals surface area contributed by atoms with Gasteiger partial charge in [-0.15, -0.1) is 0 Å². The summed E-state index contributed by atoms with van der Waals surface area (Å²) in [5.74, 6) is 2.10. The minimum absolute atomic E-state index is 0.198. The first-order valence-electron chi connectivity index (χ1n) is 13.2. The van der Waals surface area contributed by atoms with Crippen molar-refractivity contribution >= 4 is 5.91 Å². The van der Waals surface area contributed by atoms with E-state index in [4.69, 9.17) is 9.15 Å². The predicted octanol–water partition coefficient (Wildman–Crippen LogP) is 3.76. The third-order valence-corrected chi connectivity index (χ3v) is 7.69. The van der Waals surface area contributed by atoms with Gasteiger partial charge in [0.1, 0.15) is 18.1 Å². The fourth-order valence-electron chi connectivity index (χ4n) is 5.22. The van der Waals surface area contributed by atoms with Crippen LogP contribution in [-0.4, -0.2) is 51.6 Å². The number of aryl methyl sites for hydroxylation is 1. The van der Waals surface area contributed by atoms with Gasteiger partial charge in [-0.1, -0.05) is 25.3 Å². The van der Waals surface area contributed by atoms with Crippen LogP contribution in [0.15, 0.2) is 41.3 Å². The third kappa shape index (κ3) is 6.19. The molecule has 1 saturated carbocycles. The van der Waals surface area contributed by atoms with E-state index in [1.165, 1.54) is 36.8 Å². The van der Waals surface area contributed by atoms with Gasteiger partial charge in [0.2, 0.25) is 0 Å². The molecule has 2 N–H and O–H groups in total. The molecular formula is C29H36N4O4. The van der Waals surface area contributed by atoms with Gasteiger partial charge in [0.05, 0.1) is 11.8 Å². The summed E-state index contributed by atoms with van der Waals surface area (Å²) < 4.78 is 11.4. The molecule has 1 aliphatic heterocycles. The summed E-state index contributed by atoms with van der Waals surface area (Å²) in [7, 11) is 0. The fourth-order valence-corrected chi connectivity index (χ4v) is 5.22. The molecule has 1 amide bonds. The lowest BCUT2D eigenvalue weighted by atomic mass is 9.81. The Hall–Kier alpha value is -3.23. The van der Waals surface area contributed by atoms with Crippen LogP contribution in [-0.2, 0) is 26.0 Å². The molecule has 0 bridgehead atoms. The van der Waals surface area contributed by atoms with Gasteiger partial charge in [-0.2, -0.15) is 0 Å². The Morgan fingerprint density at radius 2 is 2.14 bits per heavy atom. The van der Waals surface area contributed by atoms with E-state index in [0.29, 0.717) is 18.8 Å². The first kappa shape index (κ1) is 25.4. The summed E-state index contributed by atoms with van der Waals surface area (Å²) in [6.45, 7) is 6.65. The van der Waals surface area contributed by atoms with Crippen molar-refractivity contribution in [3.05, 3.63) is 76.3 Å². The number of hydrogen-bond donors (Lipinski definition) is 2. The van der Waals surface area contributed by atoms with E-state index in [9.17, 15) is 9.90 Å². The molecule has 5 rings (SSSR count). The summed E-state index contributed by atoms with van der Waals surface area (Å²) in [6, 6.07) is 7.99. The van der Waals surface area contributed by atoms with E-state index in [2.05, 4.69) is 33.2 Å². The number of nitrogens with one attached hydrogen (secondary N) is 1. The Kier molecular flexibility index (Phi) is 7.86. The molecule has 2 aliphatic rings. The van der Waals surface area contributed by atoms with Gasteiger partial charge < -0.3 is 19.6 Å². The maximum atomic E-state index is 12.6. The van der Waals surface area contributed by atoms with Crippen molar-refractivity contribution in [2.24, 2.45) is 5.92 Å². The van der Waals surface area contributed by atoms with Crippen LogP contribution in [0.3, 0.4) is 0 Å². The SMILES string of the molecule is Cc1ncoc1COc1ccc2c(c1C)CCN(C[C@@H](O)CNC(=O)c1cc(CC3CCC3)ccn1)C2. The highest BCUT2D eigenvalue weighted by atomic mass is 16.5. The molecule has 3 aromatic rings. The Morgan fingerprint density at radius 1 is 1.27 bits per heavy atom. The molecule has 0 saturated heterocycles. The second-order valence-electron chi connectivity index (χ2n) is 10.4. The number of carbonyl (C=O) groups excluding carboxylic acids is 1. The molecule has 3 heterocycles. The highest BCUT2D eigenvalue weighted by Gasteiger charge is 2.23. The lowest BCUT2D eigenvalue weighted by Gasteiger charge is -2.31. The topological polar surface area (TPSA) is 101 Å². The summed E-state index contributed by atoms with van der Waals surface area (Å²) in [4.78, 5) is 23.2. The normalized spacial score (nSPS) is 16.6. The van der Waals surface area contributed by atoms with Crippen LogP contribution in [0, 0.1) is 19.8 Å². The van der Waals surface area contributed by atoms with Gasteiger partial charge in [0, 0.05) is 32.4 Å². The van der Waals surface area contributed by atoms with Crippen molar-refractivity contribution in [3.63, 3.8) is 0 Å². The van der Waals surface area contributed by atoms with E-state index in [1.54, 1.807) is 6.20 Å². The van der Waals surface area contributed by atoms with Crippen LogP contribution in [0.1, 0.15) is 63.5 Å². The molecule has 0 spiro atoms. The average molecular weight is 505 g/mol. The number of aliphatic hydroxyl groups excluding tert-OH is 1. The monoisotopic (exact) mass is 504 g/mol. The molecule has 1 aliphatic carbocycles. The molecule has 0 unspecified atom stereocenters. The molecule has 8 heteroatoms. The fraction of sp³-hybridized carbons (Fsp3) is 0.483. The molecule has 1 fully saturated rings. The minimum Gasteiger partial charge on any atom is -0.485 e. The largest absolute Gasteiger partial charge is 0.485 e. The van der Waals surface area contributed by atoms with E-state index in [-0.39, 0.29) is 12.5 Å². The average Bonchev–Trinajstić information content (AvgIpc) is 3.29.